The van der Waals surface area contributed by atoms with Crippen molar-refractivity contribution in [1.82, 2.24) is 0 Å². The molecule has 4 aromatic rings. The van der Waals surface area contributed by atoms with Crippen molar-refractivity contribution in [1.29, 1.82) is 0 Å². The fourth-order valence-corrected chi connectivity index (χ4v) is 4.55. The summed E-state index contributed by atoms with van der Waals surface area (Å²) >= 11 is 0. The zero-order valence-electron chi connectivity index (χ0n) is 21.6. The van der Waals surface area contributed by atoms with Gasteiger partial charge in [0.15, 0.2) is 0 Å². The third-order valence-electron chi connectivity index (χ3n) is 6.66. The van der Waals surface area contributed by atoms with Crippen molar-refractivity contribution in [3.05, 3.63) is 106 Å². The molecule has 39 heavy (non-hydrogen) atoms. The first-order valence-corrected chi connectivity index (χ1v) is 13.0. The average Bonchev–Trinajstić information content (AvgIpc) is 2.89. The summed E-state index contributed by atoms with van der Waals surface area (Å²) in [7, 11) is 0. The van der Waals surface area contributed by atoms with Crippen LogP contribution in [-0.2, 0) is 12.8 Å². The molecule has 0 aliphatic rings. The Balaban J connectivity index is 1.51. The highest BCUT2D eigenvalue weighted by atomic mass is 19.4. The van der Waals surface area contributed by atoms with Gasteiger partial charge in [-0.1, -0.05) is 74.8 Å². The Morgan fingerprint density at radius 2 is 1.33 bits per heavy atom. The fourth-order valence-electron chi connectivity index (χ4n) is 4.55. The summed E-state index contributed by atoms with van der Waals surface area (Å²) < 4.78 is 81.8. The molecule has 0 spiro atoms. The molecular weight excluding hydrogens is 510 g/mol. The maximum absolute atomic E-state index is 15.3. The van der Waals surface area contributed by atoms with Gasteiger partial charge in [-0.15, -0.1) is 0 Å². The molecule has 0 saturated carbocycles. The van der Waals surface area contributed by atoms with E-state index in [-0.39, 0.29) is 16.5 Å². The first-order valence-electron chi connectivity index (χ1n) is 13.0. The summed E-state index contributed by atoms with van der Waals surface area (Å²) in [5.41, 5.74) is 1.44. The number of rotatable bonds is 8. The van der Waals surface area contributed by atoms with Crippen LogP contribution in [-0.4, -0.2) is 6.18 Å². The number of hydrogen-bond donors (Lipinski definition) is 0. The molecule has 0 bridgehead atoms. The first kappa shape index (κ1) is 28.3. The van der Waals surface area contributed by atoms with Gasteiger partial charge in [0.2, 0.25) is 0 Å². The molecule has 0 saturated heterocycles. The molecule has 0 aliphatic carbocycles. The predicted octanol–water partition coefficient (Wildman–Crippen LogP) is 9.94. The molecule has 0 heterocycles. The monoisotopic (exact) mass is 538 g/mol. The molecule has 0 nitrogen and oxygen atoms in total. The Bertz CT molecular complexity index is 1480. The smallest absolute Gasteiger partial charge is 0.207 e. The zero-order chi connectivity index (χ0) is 28.0. The minimum Gasteiger partial charge on any atom is -0.207 e. The second-order valence-electron chi connectivity index (χ2n) is 9.68. The van der Waals surface area contributed by atoms with E-state index in [1.807, 2.05) is 12.1 Å². The highest BCUT2D eigenvalue weighted by Gasteiger charge is 2.31. The fraction of sp³-hybridized carbons (Fsp3) is 0.273. The van der Waals surface area contributed by atoms with E-state index in [0.29, 0.717) is 10.9 Å². The van der Waals surface area contributed by atoms with E-state index in [1.54, 1.807) is 18.2 Å². The molecule has 202 valence electrons. The normalized spacial score (nSPS) is 11.5. The van der Waals surface area contributed by atoms with Crippen molar-refractivity contribution in [3.8, 4) is 23.0 Å². The maximum atomic E-state index is 15.3. The Labute approximate surface area is 224 Å². The van der Waals surface area contributed by atoms with Crippen molar-refractivity contribution in [2.75, 3.05) is 0 Å². The standard InChI is InChI=1S/C33H28F6/c1-2-3-4-5-6-7-22-8-10-23(11-9-22)12-13-24-14-16-27-25(18-24)15-17-28(32(27)36)26-19-30(34)29(31(35)20-26)21-33(37,38)39/h8-11,14-20H,2-7,21H2,1H3. The zero-order valence-corrected chi connectivity index (χ0v) is 21.6. The lowest BCUT2D eigenvalue weighted by atomic mass is 9.97. The average molecular weight is 539 g/mol. The lowest BCUT2D eigenvalue weighted by molar-refractivity contribution is -0.128. The Hall–Kier alpha value is -3.72. The predicted molar refractivity (Wildman–Crippen MR) is 144 cm³/mol. The molecule has 0 aromatic heterocycles. The van der Waals surface area contributed by atoms with Crippen LogP contribution in [0.2, 0.25) is 0 Å². The quantitative estimate of drug-likeness (QED) is 0.119. The molecule has 4 rings (SSSR count). The van der Waals surface area contributed by atoms with Crippen LogP contribution in [0.25, 0.3) is 21.9 Å². The van der Waals surface area contributed by atoms with E-state index in [1.165, 1.54) is 49.8 Å². The minimum absolute atomic E-state index is 0.108. The molecule has 0 N–H and O–H groups in total. The van der Waals surface area contributed by atoms with E-state index in [2.05, 4.69) is 30.9 Å². The molecule has 4 aromatic carbocycles. The second kappa shape index (κ2) is 12.4. The summed E-state index contributed by atoms with van der Waals surface area (Å²) in [5.74, 6) is 2.74. The Morgan fingerprint density at radius 1 is 0.692 bits per heavy atom. The summed E-state index contributed by atoms with van der Waals surface area (Å²) in [6, 6.07) is 17.4. The number of aryl methyl sites for hydroxylation is 1. The van der Waals surface area contributed by atoms with Gasteiger partial charge in [-0.25, -0.2) is 13.2 Å². The van der Waals surface area contributed by atoms with E-state index in [4.69, 9.17) is 0 Å². The number of benzene rings is 4. The van der Waals surface area contributed by atoms with Crippen LogP contribution in [0.4, 0.5) is 26.3 Å². The largest absolute Gasteiger partial charge is 0.393 e. The number of unbranched alkanes of at least 4 members (excludes halogenated alkanes) is 4. The van der Waals surface area contributed by atoms with Crippen LogP contribution in [0.5, 0.6) is 0 Å². The third-order valence-corrected chi connectivity index (χ3v) is 6.66. The van der Waals surface area contributed by atoms with E-state index < -0.39 is 35.6 Å². The van der Waals surface area contributed by atoms with Crippen LogP contribution in [0.1, 0.15) is 61.3 Å². The highest BCUT2D eigenvalue weighted by Crippen LogP contribution is 2.33. The van der Waals surface area contributed by atoms with Crippen LogP contribution in [0.3, 0.4) is 0 Å². The van der Waals surface area contributed by atoms with Crippen LogP contribution >= 0.6 is 0 Å². The number of hydrogen-bond acceptors (Lipinski definition) is 0. The maximum Gasteiger partial charge on any atom is 0.393 e. The molecule has 0 fully saturated rings. The third kappa shape index (κ3) is 7.44. The van der Waals surface area contributed by atoms with Gasteiger partial charge in [0.25, 0.3) is 0 Å². The second-order valence-corrected chi connectivity index (χ2v) is 9.68. The molecule has 0 aliphatic heterocycles. The van der Waals surface area contributed by atoms with Crippen molar-refractivity contribution >= 4 is 10.8 Å². The van der Waals surface area contributed by atoms with Gasteiger partial charge in [0.05, 0.1) is 6.42 Å². The summed E-state index contributed by atoms with van der Waals surface area (Å²) in [6.45, 7) is 2.20. The Morgan fingerprint density at radius 3 is 2.00 bits per heavy atom. The molecular formula is C33H28F6. The van der Waals surface area contributed by atoms with Gasteiger partial charge >= 0.3 is 6.18 Å². The summed E-state index contributed by atoms with van der Waals surface area (Å²) in [5, 5.41) is 0.748. The number of halogens is 6. The lowest BCUT2D eigenvalue weighted by Crippen LogP contribution is -2.14. The van der Waals surface area contributed by atoms with E-state index in [9.17, 15) is 22.0 Å². The molecule has 0 radical (unpaired) electrons. The first-order chi connectivity index (χ1) is 18.6. The van der Waals surface area contributed by atoms with Gasteiger partial charge in [0.1, 0.15) is 17.5 Å². The number of fused-ring (bicyclic) bond motifs is 1. The summed E-state index contributed by atoms with van der Waals surface area (Å²) in [4.78, 5) is 0. The van der Waals surface area contributed by atoms with Gasteiger partial charge < -0.3 is 0 Å². The minimum atomic E-state index is -4.77. The molecule has 0 unspecified atom stereocenters. The van der Waals surface area contributed by atoms with Gasteiger partial charge in [-0.2, -0.15) is 13.2 Å². The van der Waals surface area contributed by atoms with Crippen molar-refractivity contribution in [2.45, 2.75) is 58.0 Å². The SMILES string of the molecule is CCCCCCCc1ccc(C#Cc2ccc3c(F)c(-c4cc(F)c(CC(F)(F)F)c(F)c4)ccc3c2)cc1. The molecule has 6 heteroatoms. The van der Waals surface area contributed by atoms with E-state index >= 15 is 4.39 Å². The van der Waals surface area contributed by atoms with Crippen LogP contribution < -0.4 is 0 Å². The van der Waals surface area contributed by atoms with Crippen LogP contribution in [0.15, 0.2) is 66.7 Å². The van der Waals surface area contributed by atoms with Gasteiger partial charge in [-0.05, 0) is 65.8 Å². The lowest BCUT2D eigenvalue weighted by Gasteiger charge is -2.12. The topological polar surface area (TPSA) is 0 Å². The molecule has 0 amide bonds. The van der Waals surface area contributed by atoms with Gasteiger partial charge in [0, 0.05) is 27.6 Å². The van der Waals surface area contributed by atoms with Crippen molar-refractivity contribution in [2.24, 2.45) is 0 Å². The number of alkyl halides is 3. The van der Waals surface area contributed by atoms with Crippen LogP contribution in [0, 0.1) is 29.3 Å². The summed E-state index contributed by atoms with van der Waals surface area (Å²) in [6.07, 6.45) is 0.731. The van der Waals surface area contributed by atoms with Crippen molar-refractivity contribution in [3.63, 3.8) is 0 Å². The van der Waals surface area contributed by atoms with Crippen molar-refractivity contribution < 1.29 is 26.3 Å². The molecule has 0 atom stereocenters. The highest BCUT2D eigenvalue weighted by molar-refractivity contribution is 5.89. The Kier molecular flexibility index (Phi) is 9.01. The van der Waals surface area contributed by atoms with E-state index in [0.717, 1.165) is 24.1 Å². The van der Waals surface area contributed by atoms with Gasteiger partial charge in [-0.3, -0.25) is 0 Å².